The van der Waals surface area contributed by atoms with E-state index in [1.807, 2.05) is 0 Å². The second-order valence-electron chi connectivity index (χ2n) is 5.14. The number of nitrogens with zero attached hydrogens (tertiary/aromatic N) is 1. The first-order valence-electron chi connectivity index (χ1n) is 7.01. The van der Waals surface area contributed by atoms with Gasteiger partial charge in [0, 0.05) is 19.5 Å². The molecule has 0 spiro atoms. The fourth-order valence-corrected chi connectivity index (χ4v) is 2.41. The van der Waals surface area contributed by atoms with E-state index in [1.54, 1.807) is 0 Å². The molecule has 120 valence electrons. The number of amides is 1. The van der Waals surface area contributed by atoms with Crippen molar-refractivity contribution in [2.45, 2.75) is 25.4 Å². The Morgan fingerprint density at radius 1 is 1.36 bits per heavy atom. The maximum Gasteiger partial charge on any atom is 0.306 e. The van der Waals surface area contributed by atoms with Crippen LogP contribution in [0.2, 0.25) is 0 Å². The third kappa shape index (κ3) is 4.24. The highest BCUT2D eigenvalue weighted by Crippen LogP contribution is 2.15. The molecule has 7 heteroatoms. The molecule has 0 radical (unpaired) electrons. The van der Waals surface area contributed by atoms with Crippen LogP contribution in [-0.2, 0) is 20.7 Å². The summed E-state index contributed by atoms with van der Waals surface area (Å²) in [7, 11) is 0. The number of carboxylic acid groups (broad SMARTS) is 1. The molecule has 1 aromatic carbocycles. The Hall–Kier alpha value is -2.02. The van der Waals surface area contributed by atoms with Gasteiger partial charge in [-0.15, -0.1) is 0 Å². The molecular formula is C15H17F2NO4. The van der Waals surface area contributed by atoms with Crippen molar-refractivity contribution in [2.24, 2.45) is 0 Å². The number of carboxylic acids is 1. The number of hydrogen-bond acceptors (Lipinski definition) is 3. The Morgan fingerprint density at radius 2 is 2.14 bits per heavy atom. The van der Waals surface area contributed by atoms with Gasteiger partial charge < -0.3 is 14.7 Å². The molecule has 1 N–H and O–H groups in total. The molecule has 1 saturated heterocycles. The summed E-state index contributed by atoms with van der Waals surface area (Å²) in [6, 6.07) is 3.87. The standard InChI is InChI=1S/C15H17F2NO4/c16-12-3-1-2-10(15(12)17)4-5-13(19)18-6-7-22-11(9-18)8-14(20)21/h1-3,11H,4-9H2,(H,20,21)/t11-/m1/s1. The number of aliphatic carboxylic acids is 1. The second kappa shape index (κ2) is 7.31. The Balaban J connectivity index is 1.89. The Labute approximate surface area is 126 Å². The molecule has 1 heterocycles. The quantitative estimate of drug-likeness (QED) is 0.896. The summed E-state index contributed by atoms with van der Waals surface area (Å²) in [6.07, 6.45) is -0.549. The van der Waals surface area contributed by atoms with Crippen LogP contribution in [0, 0.1) is 11.6 Å². The highest BCUT2D eigenvalue weighted by Gasteiger charge is 2.25. The molecule has 0 unspecified atom stereocenters. The number of aryl methyl sites for hydroxylation is 1. The normalized spacial score (nSPS) is 18.3. The number of rotatable bonds is 5. The molecule has 1 aromatic rings. The van der Waals surface area contributed by atoms with E-state index < -0.39 is 23.7 Å². The van der Waals surface area contributed by atoms with Crippen molar-refractivity contribution < 1.29 is 28.2 Å². The lowest BCUT2D eigenvalue weighted by molar-refractivity contribution is -0.147. The third-order valence-electron chi connectivity index (χ3n) is 3.53. The number of benzene rings is 1. The van der Waals surface area contributed by atoms with Gasteiger partial charge in [-0.2, -0.15) is 0 Å². The zero-order valence-electron chi connectivity index (χ0n) is 11.9. The van der Waals surface area contributed by atoms with E-state index in [0.717, 1.165) is 6.07 Å². The molecule has 22 heavy (non-hydrogen) atoms. The molecule has 2 rings (SSSR count). The summed E-state index contributed by atoms with van der Waals surface area (Å²) < 4.78 is 31.9. The maximum absolute atomic E-state index is 13.5. The summed E-state index contributed by atoms with van der Waals surface area (Å²) in [5, 5.41) is 8.74. The van der Waals surface area contributed by atoms with Gasteiger partial charge in [-0.1, -0.05) is 12.1 Å². The van der Waals surface area contributed by atoms with Crippen molar-refractivity contribution in [2.75, 3.05) is 19.7 Å². The van der Waals surface area contributed by atoms with Gasteiger partial charge in [0.15, 0.2) is 11.6 Å². The number of halogens is 2. The first kappa shape index (κ1) is 16.4. The zero-order valence-corrected chi connectivity index (χ0v) is 11.9. The molecule has 0 saturated carbocycles. The SMILES string of the molecule is O=C(O)C[C@@H]1CN(C(=O)CCc2cccc(F)c2F)CCO1. The largest absolute Gasteiger partial charge is 0.481 e. The number of morpholine rings is 1. The predicted octanol–water partition coefficient (Wildman–Crippen LogP) is 1.60. The molecule has 5 nitrogen and oxygen atoms in total. The van der Waals surface area contributed by atoms with Crippen LogP contribution >= 0.6 is 0 Å². The molecule has 0 bridgehead atoms. The van der Waals surface area contributed by atoms with Crippen LogP contribution < -0.4 is 0 Å². The van der Waals surface area contributed by atoms with Crippen LogP contribution in [0.25, 0.3) is 0 Å². The maximum atomic E-state index is 13.5. The van der Waals surface area contributed by atoms with Gasteiger partial charge in [0.2, 0.25) is 5.91 Å². The van der Waals surface area contributed by atoms with Crippen LogP contribution in [0.4, 0.5) is 8.78 Å². The Bertz CT molecular complexity index is 564. The van der Waals surface area contributed by atoms with Crippen LogP contribution in [0.1, 0.15) is 18.4 Å². The molecular weight excluding hydrogens is 296 g/mol. The third-order valence-corrected chi connectivity index (χ3v) is 3.53. The first-order chi connectivity index (χ1) is 10.5. The molecule has 1 atom stereocenters. The smallest absolute Gasteiger partial charge is 0.306 e. The van der Waals surface area contributed by atoms with Crippen LogP contribution in [0.5, 0.6) is 0 Å². The minimum absolute atomic E-state index is 0.0418. The summed E-state index contributed by atoms with van der Waals surface area (Å²) >= 11 is 0. The number of ether oxygens (including phenoxy) is 1. The lowest BCUT2D eigenvalue weighted by Crippen LogP contribution is -2.46. The molecule has 1 aliphatic heterocycles. The average Bonchev–Trinajstić information content (AvgIpc) is 2.48. The average molecular weight is 313 g/mol. The van der Waals surface area contributed by atoms with E-state index in [2.05, 4.69) is 0 Å². The van der Waals surface area contributed by atoms with Gasteiger partial charge in [-0.25, -0.2) is 8.78 Å². The topological polar surface area (TPSA) is 66.8 Å². The van der Waals surface area contributed by atoms with Gasteiger partial charge in [0.25, 0.3) is 0 Å². The van der Waals surface area contributed by atoms with Crippen LogP contribution in [0.3, 0.4) is 0 Å². The van der Waals surface area contributed by atoms with E-state index in [0.29, 0.717) is 6.54 Å². The van der Waals surface area contributed by atoms with Crippen molar-refractivity contribution in [3.05, 3.63) is 35.4 Å². The minimum atomic E-state index is -0.985. The van der Waals surface area contributed by atoms with Gasteiger partial charge in [-0.05, 0) is 18.1 Å². The van der Waals surface area contributed by atoms with Crippen molar-refractivity contribution in [3.8, 4) is 0 Å². The van der Waals surface area contributed by atoms with E-state index >= 15 is 0 Å². The lowest BCUT2D eigenvalue weighted by atomic mass is 10.1. The fraction of sp³-hybridized carbons (Fsp3) is 0.467. The molecule has 0 aromatic heterocycles. The van der Waals surface area contributed by atoms with Crippen molar-refractivity contribution in [1.29, 1.82) is 0 Å². The number of carbonyl (C=O) groups is 2. The first-order valence-corrected chi connectivity index (χ1v) is 7.01. The summed E-state index contributed by atoms with van der Waals surface area (Å²) in [6.45, 7) is 0.857. The van der Waals surface area contributed by atoms with Crippen LogP contribution in [0.15, 0.2) is 18.2 Å². The lowest BCUT2D eigenvalue weighted by Gasteiger charge is -2.32. The monoisotopic (exact) mass is 313 g/mol. The fourth-order valence-electron chi connectivity index (χ4n) is 2.41. The predicted molar refractivity (Wildman–Crippen MR) is 73.3 cm³/mol. The van der Waals surface area contributed by atoms with Gasteiger partial charge in [-0.3, -0.25) is 9.59 Å². The highest BCUT2D eigenvalue weighted by atomic mass is 19.2. The van der Waals surface area contributed by atoms with E-state index in [1.165, 1.54) is 17.0 Å². The van der Waals surface area contributed by atoms with Crippen molar-refractivity contribution in [1.82, 2.24) is 4.90 Å². The van der Waals surface area contributed by atoms with Crippen molar-refractivity contribution >= 4 is 11.9 Å². The summed E-state index contributed by atoms with van der Waals surface area (Å²) in [5.74, 6) is -3.07. The second-order valence-corrected chi connectivity index (χ2v) is 5.14. The Kier molecular flexibility index (Phi) is 5.43. The van der Waals surface area contributed by atoms with Gasteiger partial charge in [0.05, 0.1) is 19.1 Å². The molecule has 1 amide bonds. The van der Waals surface area contributed by atoms with E-state index in [-0.39, 0.29) is 43.9 Å². The van der Waals surface area contributed by atoms with E-state index in [9.17, 15) is 18.4 Å². The van der Waals surface area contributed by atoms with Gasteiger partial charge >= 0.3 is 5.97 Å². The minimum Gasteiger partial charge on any atom is -0.481 e. The summed E-state index contributed by atoms with van der Waals surface area (Å²) in [4.78, 5) is 24.3. The number of hydrogen-bond donors (Lipinski definition) is 1. The highest BCUT2D eigenvalue weighted by molar-refractivity contribution is 5.76. The van der Waals surface area contributed by atoms with Gasteiger partial charge in [0.1, 0.15) is 0 Å². The molecule has 1 aliphatic rings. The van der Waals surface area contributed by atoms with Crippen molar-refractivity contribution in [3.63, 3.8) is 0 Å². The Morgan fingerprint density at radius 3 is 2.86 bits per heavy atom. The zero-order chi connectivity index (χ0) is 16.1. The van der Waals surface area contributed by atoms with E-state index in [4.69, 9.17) is 9.84 Å². The summed E-state index contributed by atoms with van der Waals surface area (Å²) in [5.41, 5.74) is 0.156. The number of carbonyl (C=O) groups excluding carboxylic acids is 1. The molecule has 1 fully saturated rings. The molecule has 0 aliphatic carbocycles. The van der Waals surface area contributed by atoms with Crippen LogP contribution in [-0.4, -0.2) is 47.7 Å².